The minimum atomic E-state index is -0.0569. The molecule has 0 bridgehead atoms. The highest BCUT2D eigenvalue weighted by molar-refractivity contribution is 5.88. The highest BCUT2D eigenvalue weighted by Crippen LogP contribution is 2.18. The quantitative estimate of drug-likeness (QED) is 0.886. The fourth-order valence-corrected chi connectivity index (χ4v) is 2.19. The summed E-state index contributed by atoms with van der Waals surface area (Å²) in [5.41, 5.74) is 4.29. The Bertz CT molecular complexity index is 625. The van der Waals surface area contributed by atoms with Gasteiger partial charge in [-0.3, -0.25) is 9.78 Å². The Labute approximate surface area is 125 Å². The van der Waals surface area contributed by atoms with Crippen molar-refractivity contribution in [2.24, 2.45) is 0 Å². The summed E-state index contributed by atoms with van der Waals surface area (Å²) in [5.74, 6) is -0.0569. The standard InChI is InChI=1S/C17H21N3O/c1-12-7-15(10-18-9-12)11-19-13(2)16-5-4-6-17(8-16)20-14(3)21/h4-10,13,19H,11H2,1-3H3,(H,20,21). The number of nitrogens with zero attached hydrogens (tertiary/aromatic N) is 1. The van der Waals surface area contributed by atoms with Crippen molar-refractivity contribution in [3.63, 3.8) is 0 Å². The number of amides is 1. The summed E-state index contributed by atoms with van der Waals surface area (Å²) in [6, 6.07) is 10.2. The van der Waals surface area contributed by atoms with E-state index in [9.17, 15) is 4.79 Å². The first-order chi connectivity index (χ1) is 10.0. The van der Waals surface area contributed by atoms with Gasteiger partial charge in [-0.15, -0.1) is 0 Å². The molecule has 1 aromatic heterocycles. The minimum Gasteiger partial charge on any atom is -0.326 e. The van der Waals surface area contributed by atoms with Crippen LogP contribution in [0.1, 0.15) is 36.6 Å². The fraction of sp³-hybridized carbons (Fsp3) is 0.294. The molecule has 0 saturated heterocycles. The molecule has 2 aromatic rings. The van der Waals surface area contributed by atoms with E-state index >= 15 is 0 Å². The van der Waals surface area contributed by atoms with Crippen LogP contribution >= 0.6 is 0 Å². The number of hydrogen-bond acceptors (Lipinski definition) is 3. The Morgan fingerprint density at radius 2 is 2.10 bits per heavy atom. The Morgan fingerprint density at radius 1 is 1.29 bits per heavy atom. The SMILES string of the molecule is CC(=O)Nc1cccc(C(C)NCc2cncc(C)c2)c1. The van der Waals surface area contributed by atoms with Crippen LogP contribution in [0.15, 0.2) is 42.7 Å². The lowest BCUT2D eigenvalue weighted by molar-refractivity contribution is -0.114. The Morgan fingerprint density at radius 3 is 2.81 bits per heavy atom. The van der Waals surface area contributed by atoms with Gasteiger partial charge in [-0.25, -0.2) is 0 Å². The number of pyridine rings is 1. The highest BCUT2D eigenvalue weighted by Gasteiger charge is 2.06. The van der Waals surface area contributed by atoms with Crippen LogP contribution in [0.5, 0.6) is 0 Å². The molecule has 1 unspecified atom stereocenters. The van der Waals surface area contributed by atoms with Crippen molar-refractivity contribution < 1.29 is 4.79 Å². The van der Waals surface area contributed by atoms with Gasteiger partial charge in [0, 0.05) is 37.6 Å². The third kappa shape index (κ3) is 4.68. The summed E-state index contributed by atoms with van der Waals surface area (Å²) in [6.45, 7) is 6.42. The number of anilines is 1. The van der Waals surface area contributed by atoms with E-state index in [0.29, 0.717) is 0 Å². The molecule has 1 amide bonds. The number of aryl methyl sites for hydroxylation is 1. The van der Waals surface area contributed by atoms with Crippen molar-refractivity contribution in [1.82, 2.24) is 10.3 Å². The first kappa shape index (κ1) is 15.2. The third-order valence-electron chi connectivity index (χ3n) is 3.25. The van der Waals surface area contributed by atoms with Crippen molar-refractivity contribution in [2.75, 3.05) is 5.32 Å². The molecule has 21 heavy (non-hydrogen) atoms. The highest BCUT2D eigenvalue weighted by atomic mass is 16.1. The molecule has 0 radical (unpaired) electrons. The number of rotatable bonds is 5. The van der Waals surface area contributed by atoms with Gasteiger partial charge < -0.3 is 10.6 Å². The number of nitrogens with one attached hydrogen (secondary N) is 2. The van der Waals surface area contributed by atoms with Crippen molar-refractivity contribution >= 4 is 11.6 Å². The van der Waals surface area contributed by atoms with E-state index in [0.717, 1.165) is 23.4 Å². The predicted octanol–water partition coefficient (Wildman–Crippen LogP) is 3.20. The van der Waals surface area contributed by atoms with Crippen molar-refractivity contribution in [1.29, 1.82) is 0 Å². The van der Waals surface area contributed by atoms with Crippen LogP contribution in [-0.4, -0.2) is 10.9 Å². The van der Waals surface area contributed by atoms with Gasteiger partial charge in [-0.1, -0.05) is 18.2 Å². The van der Waals surface area contributed by atoms with Gasteiger partial charge in [0.1, 0.15) is 0 Å². The topological polar surface area (TPSA) is 54.0 Å². The average Bonchev–Trinajstić information content (AvgIpc) is 2.44. The van der Waals surface area contributed by atoms with Gasteiger partial charge in [0.25, 0.3) is 0 Å². The minimum absolute atomic E-state index is 0.0569. The lowest BCUT2D eigenvalue weighted by atomic mass is 10.1. The summed E-state index contributed by atoms with van der Waals surface area (Å²) in [6.07, 6.45) is 3.73. The van der Waals surface area contributed by atoms with Gasteiger partial charge >= 0.3 is 0 Å². The van der Waals surface area contributed by atoms with Gasteiger partial charge in [0.05, 0.1) is 0 Å². The molecule has 4 nitrogen and oxygen atoms in total. The first-order valence-corrected chi connectivity index (χ1v) is 7.06. The monoisotopic (exact) mass is 283 g/mol. The zero-order chi connectivity index (χ0) is 15.2. The molecule has 0 saturated carbocycles. The molecule has 1 heterocycles. The number of benzene rings is 1. The lowest BCUT2D eigenvalue weighted by Crippen LogP contribution is -2.18. The Kier molecular flexibility index (Phi) is 5.06. The Hall–Kier alpha value is -2.20. The number of carbonyl (C=O) groups is 1. The normalized spacial score (nSPS) is 12.0. The van der Waals surface area contributed by atoms with Gasteiger partial charge in [0.15, 0.2) is 0 Å². The second-order valence-corrected chi connectivity index (χ2v) is 5.28. The van der Waals surface area contributed by atoms with E-state index in [1.807, 2.05) is 37.5 Å². The molecule has 0 spiro atoms. The summed E-state index contributed by atoms with van der Waals surface area (Å²) in [4.78, 5) is 15.3. The lowest BCUT2D eigenvalue weighted by Gasteiger charge is -2.15. The van der Waals surface area contributed by atoms with E-state index < -0.39 is 0 Å². The van der Waals surface area contributed by atoms with Crippen LogP contribution < -0.4 is 10.6 Å². The zero-order valence-electron chi connectivity index (χ0n) is 12.7. The van der Waals surface area contributed by atoms with E-state index in [2.05, 4.69) is 34.7 Å². The third-order valence-corrected chi connectivity index (χ3v) is 3.25. The van der Waals surface area contributed by atoms with Crippen LogP contribution in [0.3, 0.4) is 0 Å². The number of aromatic nitrogens is 1. The molecule has 4 heteroatoms. The summed E-state index contributed by atoms with van der Waals surface area (Å²) in [7, 11) is 0. The molecular formula is C17H21N3O. The second kappa shape index (κ2) is 6.99. The summed E-state index contributed by atoms with van der Waals surface area (Å²) < 4.78 is 0. The van der Waals surface area contributed by atoms with Crippen LogP contribution in [0.2, 0.25) is 0 Å². The number of carbonyl (C=O) groups excluding carboxylic acids is 1. The maximum Gasteiger partial charge on any atom is 0.221 e. The van der Waals surface area contributed by atoms with Gasteiger partial charge in [-0.2, -0.15) is 0 Å². The molecule has 0 aliphatic heterocycles. The zero-order valence-corrected chi connectivity index (χ0v) is 12.7. The van der Waals surface area contributed by atoms with Crippen LogP contribution in [0.25, 0.3) is 0 Å². The van der Waals surface area contributed by atoms with E-state index in [1.165, 1.54) is 12.5 Å². The van der Waals surface area contributed by atoms with Crippen LogP contribution in [0, 0.1) is 6.92 Å². The van der Waals surface area contributed by atoms with Crippen molar-refractivity contribution in [2.45, 2.75) is 33.4 Å². The van der Waals surface area contributed by atoms with E-state index in [1.54, 1.807) is 0 Å². The molecule has 0 fully saturated rings. The van der Waals surface area contributed by atoms with Gasteiger partial charge in [0.2, 0.25) is 5.91 Å². The molecule has 2 rings (SSSR count). The Balaban J connectivity index is 1.99. The van der Waals surface area contributed by atoms with Crippen molar-refractivity contribution in [3.05, 3.63) is 59.4 Å². The maximum atomic E-state index is 11.1. The molecule has 0 aliphatic rings. The largest absolute Gasteiger partial charge is 0.326 e. The smallest absolute Gasteiger partial charge is 0.221 e. The second-order valence-electron chi connectivity index (χ2n) is 5.28. The molecule has 110 valence electrons. The van der Waals surface area contributed by atoms with Crippen LogP contribution in [-0.2, 0) is 11.3 Å². The number of hydrogen-bond donors (Lipinski definition) is 2. The fourth-order valence-electron chi connectivity index (χ4n) is 2.19. The maximum absolute atomic E-state index is 11.1. The summed E-state index contributed by atoms with van der Waals surface area (Å²) >= 11 is 0. The van der Waals surface area contributed by atoms with E-state index in [4.69, 9.17) is 0 Å². The molecule has 0 aliphatic carbocycles. The molecule has 1 aromatic carbocycles. The molecular weight excluding hydrogens is 262 g/mol. The van der Waals surface area contributed by atoms with Crippen molar-refractivity contribution in [3.8, 4) is 0 Å². The molecule has 2 N–H and O–H groups in total. The molecule has 1 atom stereocenters. The van der Waals surface area contributed by atoms with E-state index in [-0.39, 0.29) is 11.9 Å². The summed E-state index contributed by atoms with van der Waals surface area (Å²) in [5, 5.41) is 6.27. The van der Waals surface area contributed by atoms with Gasteiger partial charge in [-0.05, 0) is 42.7 Å². The predicted molar refractivity (Wildman–Crippen MR) is 85.0 cm³/mol. The first-order valence-electron chi connectivity index (χ1n) is 7.06. The van der Waals surface area contributed by atoms with Crippen LogP contribution in [0.4, 0.5) is 5.69 Å². The average molecular weight is 283 g/mol.